The number of ether oxygens (including phenoxy) is 1. The van der Waals surface area contributed by atoms with Gasteiger partial charge in [0.15, 0.2) is 0 Å². The largest absolute Gasteiger partial charge is 0.497 e. The van der Waals surface area contributed by atoms with Crippen LogP contribution in [0.25, 0.3) is 5.69 Å². The van der Waals surface area contributed by atoms with Crippen molar-refractivity contribution in [1.29, 1.82) is 0 Å². The Labute approximate surface area is 162 Å². The molecule has 0 spiro atoms. The van der Waals surface area contributed by atoms with Crippen LogP contribution in [0.3, 0.4) is 0 Å². The van der Waals surface area contributed by atoms with Gasteiger partial charge in [-0.15, -0.1) is 0 Å². The Bertz CT molecular complexity index is 1020. The standard InChI is InChI=1S/C21H21N3O4/c1-14-11-20(15(2)23(14)18-5-4-6-19(12-18)28-3)21(25)22-13-16-7-9-17(10-8-16)24(26)27/h4-12H,13H2,1-3H3,(H,22,25). The van der Waals surface area contributed by atoms with Crippen LogP contribution in [0.1, 0.15) is 27.3 Å². The van der Waals surface area contributed by atoms with Crippen LogP contribution in [0.5, 0.6) is 5.75 Å². The van der Waals surface area contributed by atoms with Crippen molar-refractivity contribution in [3.8, 4) is 11.4 Å². The van der Waals surface area contributed by atoms with Crippen molar-refractivity contribution in [1.82, 2.24) is 9.88 Å². The Balaban J connectivity index is 1.78. The van der Waals surface area contributed by atoms with E-state index in [4.69, 9.17) is 4.74 Å². The highest BCUT2D eigenvalue weighted by Crippen LogP contribution is 2.24. The summed E-state index contributed by atoms with van der Waals surface area (Å²) in [6.07, 6.45) is 0. The van der Waals surface area contributed by atoms with Crippen molar-refractivity contribution in [3.05, 3.63) is 87.2 Å². The van der Waals surface area contributed by atoms with Gasteiger partial charge in [-0.05, 0) is 37.6 Å². The fourth-order valence-corrected chi connectivity index (χ4v) is 3.15. The number of amides is 1. The van der Waals surface area contributed by atoms with Crippen molar-refractivity contribution in [2.24, 2.45) is 0 Å². The molecule has 3 aromatic rings. The SMILES string of the molecule is COc1cccc(-n2c(C)cc(C(=O)NCc3ccc([N+](=O)[O-])cc3)c2C)c1. The number of aryl methyl sites for hydroxylation is 1. The third-order valence-corrected chi connectivity index (χ3v) is 4.59. The number of non-ortho nitro benzene ring substituents is 1. The molecule has 0 radical (unpaired) electrons. The summed E-state index contributed by atoms with van der Waals surface area (Å²) in [4.78, 5) is 22.9. The van der Waals surface area contributed by atoms with E-state index in [0.717, 1.165) is 28.4 Å². The summed E-state index contributed by atoms with van der Waals surface area (Å²) >= 11 is 0. The molecule has 0 aliphatic rings. The van der Waals surface area contributed by atoms with Crippen LogP contribution in [0.2, 0.25) is 0 Å². The number of nitro benzene ring substituents is 1. The molecular weight excluding hydrogens is 358 g/mol. The first-order chi connectivity index (χ1) is 13.4. The Morgan fingerprint density at radius 1 is 1.14 bits per heavy atom. The molecule has 2 aromatic carbocycles. The smallest absolute Gasteiger partial charge is 0.269 e. The van der Waals surface area contributed by atoms with E-state index < -0.39 is 4.92 Å². The summed E-state index contributed by atoms with van der Waals surface area (Å²) in [5.74, 6) is 0.551. The van der Waals surface area contributed by atoms with Gasteiger partial charge in [0.1, 0.15) is 5.75 Å². The summed E-state index contributed by atoms with van der Waals surface area (Å²) in [5.41, 5.74) is 4.08. The summed E-state index contributed by atoms with van der Waals surface area (Å²) < 4.78 is 7.29. The van der Waals surface area contributed by atoms with E-state index in [1.54, 1.807) is 19.2 Å². The van der Waals surface area contributed by atoms with Gasteiger partial charge in [0.25, 0.3) is 11.6 Å². The fourth-order valence-electron chi connectivity index (χ4n) is 3.15. The maximum absolute atomic E-state index is 12.7. The van der Waals surface area contributed by atoms with Crippen LogP contribution in [0.15, 0.2) is 54.6 Å². The number of rotatable bonds is 6. The number of carbonyl (C=O) groups excluding carboxylic acids is 1. The second kappa shape index (κ2) is 7.96. The van der Waals surface area contributed by atoms with Gasteiger partial charge in [0, 0.05) is 41.8 Å². The normalized spacial score (nSPS) is 10.5. The number of hydrogen-bond acceptors (Lipinski definition) is 4. The first kappa shape index (κ1) is 19.2. The maximum atomic E-state index is 12.7. The zero-order chi connectivity index (χ0) is 20.3. The van der Waals surface area contributed by atoms with E-state index >= 15 is 0 Å². The molecule has 0 saturated heterocycles. The zero-order valence-electron chi connectivity index (χ0n) is 15.9. The number of methoxy groups -OCH3 is 1. The molecule has 1 heterocycles. The Morgan fingerprint density at radius 2 is 1.86 bits per heavy atom. The molecule has 0 unspecified atom stereocenters. The van der Waals surface area contributed by atoms with Crippen LogP contribution < -0.4 is 10.1 Å². The average Bonchev–Trinajstić information content (AvgIpc) is 3.00. The lowest BCUT2D eigenvalue weighted by Crippen LogP contribution is -2.23. The highest BCUT2D eigenvalue weighted by atomic mass is 16.6. The molecule has 7 heteroatoms. The first-order valence-corrected chi connectivity index (χ1v) is 8.75. The summed E-state index contributed by atoms with van der Waals surface area (Å²) in [7, 11) is 1.62. The molecule has 0 aliphatic heterocycles. The molecule has 3 rings (SSSR count). The van der Waals surface area contributed by atoms with Crippen molar-refractivity contribution in [3.63, 3.8) is 0 Å². The Hall–Kier alpha value is -3.61. The summed E-state index contributed by atoms with van der Waals surface area (Å²) in [5, 5.41) is 13.6. The Morgan fingerprint density at radius 3 is 2.50 bits per heavy atom. The topological polar surface area (TPSA) is 86.4 Å². The maximum Gasteiger partial charge on any atom is 0.269 e. The summed E-state index contributed by atoms with van der Waals surface area (Å²) in [6.45, 7) is 4.13. The molecule has 0 bridgehead atoms. The lowest BCUT2D eigenvalue weighted by Gasteiger charge is -2.11. The number of carbonyl (C=O) groups is 1. The lowest BCUT2D eigenvalue weighted by molar-refractivity contribution is -0.384. The van der Waals surface area contributed by atoms with Gasteiger partial charge in [-0.1, -0.05) is 18.2 Å². The number of hydrogen-bond donors (Lipinski definition) is 1. The highest BCUT2D eigenvalue weighted by Gasteiger charge is 2.17. The predicted octanol–water partition coefficient (Wildman–Crippen LogP) is 3.94. The molecule has 0 saturated carbocycles. The van der Waals surface area contributed by atoms with E-state index in [1.807, 2.05) is 48.7 Å². The van der Waals surface area contributed by atoms with Crippen LogP contribution >= 0.6 is 0 Å². The lowest BCUT2D eigenvalue weighted by atomic mass is 10.2. The van der Waals surface area contributed by atoms with Gasteiger partial charge < -0.3 is 14.6 Å². The molecule has 28 heavy (non-hydrogen) atoms. The van der Waals surface area contributed by atoms with Crippen LogP contribution in [-0.4, -0.2) is 22.5 Å². The minimum atomic E-state index is -0.449. The molecule has 144 valence electrons. The highest BCUT2D eigenvalue weighted by molar-refractivity contribution is 5.95. The van der Waals surface area contributed by atoms with E-state index in [0.29, 0.717) is 12.1 Å². The zero-order valence-corrected chi connectivity index (χ0v) is 15.9. The van der Waals surface area contributed by atoms with Gasteiger partial charge in [0.05, 0.1) is 17.6 Å². The minimum Gasteiger partial charge on any atom is -0.497 e. The van der Waals surface area contributed by atoms with Crippen molar-refractivity contribution in [2.45, 2.75) is 20.4 Å². The van der Waals surface area contributed by atoms with Gasteiger partial charge in [-0.25, -0.2) is 0 Å². The van der Waals surface area contributed by atoms with Crippen molar-refractivity contribution in [2.75, 3.05) is 7.11 Å². The first-order valence-electron chi connectivity index (χ1n) is 8.75. The molecule has 1 amide bonds. The number of nitrogens with one attached hydrogen (secondary N) is 1. The summed E-state index contributed by atoms with van der Waals surface area (Å²) in [6, 6.07) is 15.6. The van der Waals surface area contributed by atoms with E-state index in [-0.39, 0.29) is 11.6 Å². The molecule has 7 nitrogen and oxygen atoms in total. The van der Waals surface area contributed by atoms with Crippen molar-refractivity contribution >= 4 is 11.6 Å². The minimum absolute atomic E-state index is 0.0249. The average molecular weight is 379 g/mol. The van der Waals surface area contributed by atoms with Crippen LogP contribution in [0, 0.1) is 24.0 Å². The third-order valence-electron chi connectivity index (χ3n) is 4.59. The van der Waals surface area contributed by atoms with Crippen molar-refractivity contribution < 1.29 is 14.5 Å². The molecule has 0 aliphatic carbocycles. The number of benzene rings is 2. The fraction of sp³-hybridized carbons (Fsp3) is 0.190. The van der Waals surface area contributed by atoms with Gasteiger partial charge in [0.2, 0.25) is 0 Å². The molecule has 1 aromatic heterocycles. The quantitative estimate of drug-likeness (QED) is 0.519. The molecule has 1 N–H and O–H groups in total. The Kier molecular flexibility index (Phi) is 5.44. The molecule has 0 fully saturated rings. The van der Waals surface area contributed by atoms with Crippen LogP contribution in [0.4, 0.5) is 5.69 Å². The molecule has 0 atom stereocenters. The van der Waals surface area contributed by atoms with Gasteiger partial charge in [-0.3, -0.25) is 14.9 Å². The second-order valence-electron chi connectivity index (χ2n) is 6.43. The van der Waals surface area contributed by atoms with E-state index in [1.165, 1.54) is 12.1 Å². The van der Waals surface area contributed by atoms with E-state index in [9.17, 15) is 14.9 Å². The number of nitrogens with zero attached hydrogens (tertiary/aromatic N) is 2. The van der Waals surface area contributed by atoms with Gasteiger partial charge >= 0.3 is 0 Å². The van der Waals surface area contributed by atoms with E-state index in [2.05, 4.69) is 5.32 Å². The third kappa shape index (κ3) is 3.88. The molecular formula is C21H21N3O4. The monoisotopic (exact) mass is 379 g/mol. The number of aromatic nitrogens is 1. The number of nitro groups is 1. The predicted molar refractivity (Wildman–Crippen MR) is 106 cm³/mol. The second-order valence-corrected chi connectivity index (χ2v) is 6.43. The van der Waals surface area contributed by atoms with Gasteiger partial charge in [-0.2, -0.15) is 0 Å². The van der Waals surface area contributed by atoms with Crippen LogP contribution in [-0.2, 0) is 6.54 Å².